The Morgan fingerprint density at radius 1 is 1.44 bits per heavy atom. The monoisotopic (exact) mass is 236 g/mol. The van der Waals surface area contributed by atoms with Gasteiger partial charge >= 0.3 is 0 Å². The SMILES string of the molecule is Cc1ccc(-c2nc(C)c(CC(C)N)s2)o1. The van der Waals surface area contributed by atoms with Gasteiger partial charge in [-0.25, -0.2) is 4.98 Å². The van der Waals surface area contributed by atoms with Crippen molar-refractivity contribution in [1.82, 2.24) is 4.98 Å². The number of aromatic nitrogens is 1. The number of hydrogen-bond acceptors (Lipinski definition) is 4. The lowest BCUT2D eigenvalue weighted by atomic mass is 10.2. The summed E-state index contributed by atoms with van der Waals surface area (Å²) in [6.45, 7) is 5.97. The van der Waals surface area contributed by atoms with Crippen LogP contribution in [0, 0.1) is 13.8 Å². The maximum atomic E-state index is 5.80. The molecular formula is C12H16N2OS. The molecule has 0 aliphatic heterocycles. The minimum absolute atomic E-state index is 0.172. The lowest BCUT2D eigenvalue weighted by molar-refractivity contribution is 0.548. The van der Waals surface area contributed by atoms with Gasteiger partial charge in [0.2, 0.25) is 0 Å². The number of aryl methyl sites for hydroxylation is 2. The Morgan fingerprint density at radius 2 is 2.19 bits per heavy atom. The Hall–Kier alpha value is -1.13. The van der Waals surface area contributed by atoms with Crippen molar-refractivity contribution in [3.8, 4) is 10.8 Å². The highest BCUT2D eigenvalue weighted by atomic mass is 32.1. The molecule has 1 atom stereocenters. The van der Waals surface area contributed by atoms with Gasteiger partial charge in [0.15, 0.2) is 10.8 Å². The van der Waals surface area contributed by atoms with Gasteiger partial charge in [0, 0.05) is 10.9 Å². The molecule has 2 heterocycles. The molecule has 4 heteroatoms. The van der Waals surface area contributed by atoms with Crippen molar-refractivity contribution in [2.24, 2.45) is 5.73 Å². The summed E-state index contributed by atoms with van der Waals surface area (Å²) in [4.78, 5) is 5.77. The third-order valence-electron chi connectivity index (χ3n) is 2.35. The van der Waals surface area contributed by atoms with Crippen molar-refractivity contribution >= 4 is 11.3 Å². The fraction of sp³-hybridized carbons (Fsp3) is 0.417. The standard InChI is InChI=1S/C12H16N2OS/c1-7(13)6-11-9(3)14-12(16-11)10-5-4-8(2)15-10/h4-5,7H,6,13H2,1-3H3. The first-order valence-electron chi connectivity index (χ1n) is 5.35. The van der Waals surface area contributed by atoms with E-state index >= 15 is 0 Å². The van der Waals surface area contributed by atoms with Crippen LogP contribution in [0.25, 0.3) is 10.8 Å². The van der Waals surface area contributed by atoms with Crippen LogP contribution in [0.15, 0.2) is 16.5 Å². The highest BCUT2D eigenvalue weighted by Crippen LogP contribution is 2.29. The molecule has 2 rings (SSSR count). The van der Waals surface area contributed by atoms with Crippen LogP contribution >= 0.6 is 11.3 Å². The maximum absolute atomic E-state index is 5.80. The molecule has 0 amide bonds. The summed E-state index contributed by atoms with van der Waals surface area (Å²) in [6.07, 6.45) is 0.878. The van der Waals surface area contributed by atoms with Gasteiger partial charge in [-0.15, -0.1) is 11.3 Å². The van der Waals surface area contributed by atoms with Crippen molar-refractivity contribution in [2.75, 3.05) is 0 Å². The van der Waals surface area contributed by atoms with E-state index in [9.17, 15) is 0 Å². The van der Waals surface area contributed by atoms with Crippen molar-refractivity contribution < 1.29 is 4.42 Å². The summed E-state index contributed by atoms with van der Waals surface area (Å²) in [7, 11) is 0. The maximum Gasteiger partial charge on any atom is 0.162 e. The van der Waals surface area contributed by atoms with E-state index in [2.05, 4.69) is 4.98 Å². The third-order valence-corrected chi connectivity index (χ3v) is 3.55. The van der Waals surface area contributed by atoms with E-state index in [1.165, 1.54) is 4.88 Å². The molecule has 0 radical (unpaired) electrons. The van der Waals surface area contributed by atoms with Crippen LogP contribution in [-0.2, 0) is 6.42 Å². The summed E-state index contributed by atoms with van der Waals surface area (Å²) < 4.78 is 5.56. The van der Waals surface area contributed by atoms with Crippen LogP contribution < -0.4 is 5.73 Å². The van der Waals surface area contributed by atoms with E-state index < -0.39 is 0 Å². The van der Waals surface area contributed by atoms with E-state index in [0.717, 1.165) is 28.6 Å². The fourth-order valence-corrected chi connectivity index (χ4v) is 2.73. The van der Waals surface area contributed by atoms with E-state index in [0.29, 0.717) is 0 Å². The van der Waals surface area contributed by atoms with Gasteiger partial charge in [-0.1, -0.05) is 0 Å². The average Bonchev–Trinajstić information content (AvgIpc) is 2.74. The van der Waals surface area contributed by atoms with Crippen LogP contribution in [0.5, 0.6) is 0 Å². The molecule has 0 fully saturated rings. The minimum Gasteiger partial charge on any atom is -0.459 e. The highest BCUT2D eigenvalue weighted by molar-refractivity contribution is 7.15. The van der Waals surface area contributed by atoms with Crippen LogP contribution in [0.1, 0.15) is 23.3 Å². The number of hydrogen-bond donors (Lipinski definition) is 1. The van der Waals surface area contributed by atoms with E-state index in [1.807, 2.05) is 32.9 Å². The Kier molecular flexibility index (Phi) is 3.12. The second-order valence-corrected chi connectivity index (χ2v) is 5.20. The van der Waals surface area contributed by atoms with Gasteiger partial charge < -0.3 is 10.2 Å². The largest absolute Gasteiger partial charge is 0.459 e. The molecule has 0 saturated carbocycles. The minimum atomic E-state index is 0.172. The van der Waals surface area contributed by atoms with Crippen molar-refractivity contribution in [3.05, 3.63) is 28.5 Å². The predicted octanol–water partition coefficient (Wildman–Crippen LogP) is 2.91. The normalized spacial score (nSPS) is 13.0. The van der Waals surface area contributed by atoms with Crippen LogP contribution in [0.3, 0.4) is 0 Å². The van der Waals surface area contributed by atoms with Gasteiger partial charge in [-0.3, -0.25) is 0 Å². The molecule has 0 bridgehead atoms. The van der Waals surface area contributed by atoms with E-state index in [4.69, 9.17) is 10.2 Å². The van der Waals surface area contributed by atoms with Crippen LogP contribution in [0.2, 0.25) is 0 Å². The zero-order valence-electron chi connectivity index (χ0n) is 9.78. The summed E-state index contributed by atoms with van der Waals surface area (Å²) in [5, 5.41) is 0.946. The molecule has 0 aromatic carbocycles. The lowest BCUT2D eigenvalue weighted by Gasteiger charge is -2.01. The molecular weight excluding hydrogens is 220 g/mol. The molecule has 2 aromatic rings. The van der Waals surface area contributed by atoms with E-state index in [1.54, 1.807) is 11.3 Å². The average molecular weight is 236 g/mol. The fourth-order valence-electron chi connectivity index (χ4n) is 1.56. The van der Waals surface area contributed by atoms with Crippen LogP contribution in [-0.4, -0.2) is 11.0 Å². The quantitative estimate of drug-likeness (QED) is 0.891. The molecule has 0 saturated heterocycles. The number of rotatable bonds is 3. The van der Waals surface area contributed by atoms with E-state index in [-0.39, 0.29) is 6.04 Å². The number of nitrogens with zero attached hydrogens (tertiary/aromatic N) is 1. The van der Waals surface area contributed by atoms with Crippen LogP contribution in [0.4, 0.5) is 0 Å². The summed E-state index contributed by atoms with van der Waals surface area (Å²) in [5.41, 5.74) is 6.86. The number of thiazole rings is 1. The third kappa shape index (κ3) is 2.33. The molecule has 2 aromatic heterocycles. The predicted molar refractivity (Wildman–Crippen MR) is 66.6 cm³/mol. The van der Waals surface area contributed by atoms with Gasteiger partial charge in [0.1, 0.15) is 5.76 Å². The summed E-state index contributed by atoms with van der Waals surface area (Å²) in [5.74, 6) is 1.76. The van der Waals surface area contributed by atoms with Crippen molar-refractivity contribution in [1.29, 1.82) is 0 Å². The molecule has 1 unspecified atom stereocenters. The van der Waals surface area contributed by atoms with Gasteiger partial charge in [0.25, 0.3) is 0 Å². The molecule has 0 aliphatic rings. The first kappa shape index (κ1) is 11.4. The van der Waals surface area contributed by atoms with Crippen molar-refractivity contribution in [3.63, 3.8) is 0 Å². The summed E-state index contributed by atoms with van der Waals surface area (Å²) >= 11 is 1.67. The van der Waals surface area contributed by atoms with Crippen molar-refractivity contribution in [2.45, 2.75) is 33.2 Å². The zero-order valence-corrected chi connectivity index (χ0v) is 10.6. The molecule has 16 heavy (non-hydrogen) atoms. The smallest absolute Gasteiger partial charge is 0.162 e. The molecule has 3 nitrogen and oxygen atoms in total. The summed E-state index contributed by atoms with van der Waals surface area (Å²) in [6, 6.07) is 4.09. The Balaban J connectivity index is 2.30. The molecule has 0 aliphatic carbocycles. The molecule has 86 valence electrons. The zero-order chi connectivity index (χ0) is 11.7. The Bertz CT molecular complexity index is 485. The van der Waals surface area contributed by atoms with Gasteiger partial charge in [-0.05, 0) is 39.3 Å². The second kappa shape index (κ2) is 4.39. The Labute approximate surface area is 99.3 Å². The number of nitrogens with two attached hydrogens (primary N) is 1. The van der Waals surface area contributed by atoms with Gasteiger partial charge in [0.05, 0.1) is 5.69 Å². The lowest BCUT2D eigenvalue weighted by Crippen LogP contribution is -2.17. The molecule has 2 N–H and O–H groups in total. The Morgan fingerprint density at radius 3 is 2.75 bits per heavy atom. The second-order valence-electron chi connectivity index (χ2n) is 4.12. The first-order chi connectivity index (χ1) is 7.56. The highest BCUT2D eigenvalue weighted by Gasteiger charge is 2.12. The van der Waals surface area contributed by atoms with Gasteiger partial charge in [-0.2, -0.15) is 0 Å². The molecule has 0 spiro atoms. The number of furan rings is 1. The topological polar surface area (TPSA) is 52.0 Å². The first-order valence-corrected chi connectivity index (χ1v) is 6.16.